The molecule has 1 heterocycles. The van der Waals surface area contributed by atoms with Crippen LogP contribution in [0.5, 0.6) is 0 Å². The lowest BCUT2D eigenvalue weighted by atomic mass is 9.87. The quantitative estimate of drug-likeness (QED) is 0.633. The Bertz CT molecular complexity index is 909. The van der Waals surface area contributed by atoms with E-state index in [0.29, 0.717) is 16.8 Å². The van der Waals surface area contributed by atoms with Crippen molar-refractivity contribution >= 4 is 17.5 Å². The fourth-order valence-corrected chi connectivity index (χ4v) is 3.39. The molecule has 1 aliphatic rings. The average molecular weight is 394 g/mol. The number of rotatable bonds is 3. The van der Waals surface area contributed by atoms with Crippen molar-refractivity contribution in [3.8, 4) is 0 Å². The van der Waals surface area contributed by atoms with Crippen molar-refractivity contribution in [3.63, 3.8) is 0 Å². The summed E-state index contributed by atoms with van der Waals surface area (Å²) in [5.74, 6) is -3.10. The van der Waals surface area contributed by atoms with Crippen LogP contribution in [0.4, 0.5) is 23.2 Å². The van der Waals surface area contributed by atoms with E-state index in [1.54, 1.807) is 6.92 Å². The summed E-state index contributed by atoms with van der Waals surface area (Å²) in [5, 5.41) is 2.63. The van der Waals surface area contributed by atoms with Crippen molar-refractivity contribution in [2.24, 2.45) is 5.92 Å². The summed E-state index contributed by atoms with van der Waals surface area (Å²) in [5.41, 5.74) is 0.552. The Kier molecular flexibility index (Phi) is 5.14. The summed E-state index contributed by atoms with van der Waals surface area (Å²) in [6.07, 6.45) is -4.46. The number of likely N-dealkylation sites (N-methyl/N-ethyl adjacent to an activating group) is 1. The number of nitrogens with zero attached hydrogens (tertiary/aromatic N) is 1. The van der Waals surface area contributed by atoms with Crippen LogP contribution >= 0.6 is 0 Å². The summed E-state index contributed by atoms with van der Waals surface area (Å²) in [6, 6.07) is 8.32. The monoisotopic (exact) mass is 394 g/mol. The predicted octanol–water partition coefficient (Wildman–Crippen LogP) is 3.96. The fourth-order valence-electron chi connectivity index (χ4n) is 3.39. The highest BCUT2D eigenvalue weighted by Gasteiger charge is 2.44. The molecule has 0 aromatic heterocycles. The third kappa shape index (κ3) is 3.85. The molecule has 3 rings (SSSR count). The van der Waals surface area contributed by atoms with Gasteiger partial charge in [0.15, 0.2) is 0 Å². The van der Waals surface area contributed by atoms with Crippen LogP contribution in [0.25, 0.3) is 0 Å². The number of hydrogen-bond acceptors (Lipinski definition) is 2. The summed E-state index contributed by atoms with van der Waals surface area (Å²) in [7, 11) is 1.54. The molecule has 0 saturated carbocycles. The van der Waals surface area contributed by atoms with Crippen molar-refractivity contribution in [2.75, 3.05) is 18.9 Å². The molecule has 0 unspecified atom stereocenters. The molecule has 4 nitrogen and oxygen atoms in total. The van der Waals surface area contributed by atoms with Crippen molar-refractivity contribution in [1.82, 2.24) is 4.90 Å². The number of nitrogens with one attached hydrogen (secondary N) is 1. The molecule has 1 N–H and O–H groups in total. The molecule has 2 aromatic carbocycles. The van der Waals surface area contributed by atoms with Gasteiger partial charge in [-0.25, -0.2) is 4.39 Å². The molecule has 1 saturated heterocycles. The van der Waals surface area contributed by atoms with E-state index in [1.165, 1.54) is 42.3 Å². The highest BCUT2D eigenvalue weighted by molar-refractivity contribution is 6.08. The van der Waals surface area contributed by atoms with Crippen molar-refractivity contribution < 1.29 is 27.2 Å². The second-order valence-corrected chi connectivity index (χ2v) is 6.87. The Morgan fingerprint density at radius 2 is 1.79 bits per heavy atom. The zero-order valence-corrected chi connectivity index (χ0v) is 15.2. The Morgan fingerprint density at radius 3 is 2.36 bits per heavy atom. The topological polar surface area (TPSA) is 49.4 Å². The molecule has 2 atom stereocenters. The average Bonchev–Trinajstić information content (AvgIpc) is 2.92. The van der Waals surface area contributed by atoms with Gasteiger partial charge in [0.2, 0.25) is 11.8 Å². The number of likely N-dealkylation sites (tertiary alicyclic amines) is 1. The summed E-state index contributed by atoms with van der Waals surface area (Å²) in [4.78, 5) is 26.7. The largest absolute Gasteiger partial charge is 0.416 e. The van der Waals surface area contributed by atoms with E-state index in [2.05, 4.69) is 5.32 Å². The SMILES string of the molecule is Cc1cc(F)ccc1NC(=O)[C@H]1C(=O)N(C)C[C@@H]1c1ccc(C(F)(F)F)cc1. The fraction of sp³-hybridized carbons (Fsp3) is 0.300. The van der Waals surface area contributed by atoms with Gasteiger partial charge < -0.3 is 10.2 Å². The summed E-state index contributed by atoms with van der Waals surface area (Å²) >= 11 is 0. The lowest BCUT2D eigenvalue weighted by molar-refractivity contribution is -0.138. The van der Waals surface area contributed by atoms with Gasteiger partial charge in [-0.15, -0.1) is 0 Å². The van der Waals surface area contributed by atoms with E-state index in [-0.39, 0.29) is 6.54 Å². The van der Waals surface area contributed by atoms with Gasteiger partial charge >= 0.3 is 6.18 Å². The van der Waals surface area contributed by atoms with Crippen molar-refractivity contribution in [3.05, 3.63) is 65.0 Å². The first-order valence-corrected chi connectivity index (χ1v) is 8.57. The van der Waals surface area contributed by atoms with E-state index >= 15 is 0 Å². The normalized spacial score (nSPS) is 19.8. The molecule has 1 aliphatic heterocycles. The number of hydrogen-bond donors (Lipinski definition) is 1. The van der Waals surface area contributed by atoms with E-state index in [4.69, 9.17) is 0 Å². The second kappa shape index (κ2) is 7.26. The van der Waals surface area contributed by atoms with E-state index in [1.807, 2.05) is 0 Å². The van der Waals surface area contributed by atoms with Gasteiger partial charge in [0.25, 0.3) is 0 Å². The first-order valence-electron chi connectivity index (χ1n) is 8.57. The minimum atomic E-state index is -4.46. The van der Waals surface area contributed by atoms with Crippen LogP contribution in [-0.2, 0) is 15.8 Å². The van der Waals surface area contributed by atoms with E-state index in [9.17, 15) is 27.2 Å². The molecule has 0 spiro atoms. The third-order valence-electron chi connectivity index (χ3n) is 4.91. The summed E-state index contributed by atoms with van der Waals surface area (Å²) in [6.45, 7) is 1.83. The minimum Gasteiger partial charge on any atom is -0.344 e. The molecule has 1 fully saturated rings. The molecule has 2 amide bonds. The molecule has 8 heteroatoms. The van der Waals surface area contributed by atoms with Gasteiger partial charge in [0.1, 0.15) is 11.7 Å². The smallest absolute Gasteiger partial charge is 0.344 e. The second-order valence-electron chi connectivity index (χ2n) is 6.87. The number of alkyl halides is 3. The number of benzene rings is 2. The van der Waals surface area contributed by atoms with Gasteiger partial charge in [-0.2, -0.15) is 13.2 Å². The zero-order valence-electron chi connectivity index (χ0n) is 15.2. The predicted molar refractivity (Wildman–Crippen MR) is 95.1 cm³/mol. The van der Waals surface area contributed by atoms with Gasteiger partial charge in [0.05, 0.1) is 5.56 Å². The van der Waals surface area contributed by atoms with Gasteiger partial charge in [-0.05, 0) is 48.4 Å². The van der Waals surface area contributed by atoms with Crippen molar-refractivity contribution in [2.45, 2.75) is 19.0 Å². The maximum atomic E-state index is 13.2. The van der Waals surface area contributed by atoms with Crippen LogP contribution in [0.15, 0.2) is 42.5 Å². The van der Waals surface area contributed by atoms with Crippen LogP contribution < -0.4 is 5.32 Å². The van der Waals surface area contributed by atoms with Crippen LogP contribution in [0.1, 0.15) is 22.6 Å². The molecular formula is C20H18F4N2O2. The van der Waals surface area contributed by atoms with Gasteiger partial charge in [-0.3, -0.25) is 9.59 Å². The number of aryl methyl sites for hydroxylation is 1. The number of halogens is 4. The standard InChI is InChI=1S/C20H18F4N2O2/c1-11-9-14(21)7-8-16(11)25-18(27)17-15(10-26(2)19(17)28)12-3-5-13(6-4-12)20(22,23)24/h3-9,15,17H,10H2,1-2H3,(H,25,27)/t15-,17+/m1/s1. The minimum absolute atomic E-state index is 0.213. The highest BCUT2D eigenvalue weighted by atomic mass is 19.4. The first kappa shape index (κ1) is 19.9. The third-order valence-corrected chi connectivity index (χ3v) is 4.91. The van der Waals surface area contributed by atoms with Gasteiger partial charge in [0, 0.05) is 25.2 Å². The molecule has 0 radical (unpaired) electrons. The first-order chi connectivity index (χ1) is 13.1. The molecule has 0 aliphatic carbocycles. The molecule has 148 valence electrons. The number of carbonyl (C=O) groups is 2. The lowest BCUT2D eigenvalue weighted by Gasteiger charge is -2.18. The van der Waals surface area contributed by atoms with Crippen molar-refractivity contribution in [1.29, 1.82) is 0 Å². The molecule has 2 aromatic rings. The van der Waals surface area contributed by atoms with Crippen LogP contribution in [0.2, 0.25) is 0 Å². The lowest BCUT2D eigenvalue weighted by Crippen LogP contribution is -2.32. The van der Waals surface area contributed by atoms with E-state index in [0.717, 1.165) is 12.1 Å². The maximum absolute atomic E-state index is 13.2. The zero-order chi connectivity index (χ0) is 20.6. The number of amides is 2. The van der Waals surface area contributed by atoms with Crippen LogP contribution in [0, 0.1) is 18.7 Å². The van der Waals surface area contributed by atoms with Crippen LogP contribution in [0.3, 0.4) is 0 Å². The maximum Gasteiger partial charge on any atom is 0.416 e. The number of carbonyl (C=O) groups excluding carboxylic acids is 2. The van der Waals surface area contributed by atoms with Crippen LogP contribution in [-0.4, -0.2) is 30.3 Å². The Labute approximate surface area is 159 Å². The van der Waals surface area contributed by atoms with E-state index < -0.39 is 41.2 Å². The molecule has 0 bridgehead atoms. The highest BCUT2D eigenvalue weighted by Crippen LogP contribution is 2.36. The van der Waals surface area contributed by atoms with Gasteiger partial charge in [-0.1, -0.05) is 12.1 Å². The molecular weight excluding hydrogens is 376 g/mol. The Hall–Kier alpha value is -2.90. The Balaban J connectivity index is 1.87. The summed E-state index contributed by atoms with van der Waals surface area (Å²) < 4.78 is 51.6. The number of anilines is 1. The Morgan fingerprint density at radius 1 is 1.14 bits per heavy atom. The molecule has 28 heavy (non-hydrogen) atoms.